The molecule has 1 amide bonds. The highest BCUT2D eigenvalue weighted by atomic mass is 19.1. The molecular weight excluding hydrogens is 269 g/mol. The van der Waals surface area contributed by atoms with Gasteiger partial charge >= 0.3 is 0 Å². The number of aliphatic hydroxyl groups excluding tert-OH is 1. The molecule has 114 valence electrons. The third-order valence-corrected chi connectivity index (χ3v) is 3.99. The van der Waals surface area contributed by atoms with Crippen LogP contribution in [0.4, 0.5) is 4.39 Å². The Balaban J connectivity index is 1.78. The molecule has 1 unspecified atom stereocenters. The first kappa shape index (κ1) is 15.7. The predicted octanol–water partition coefficient (Wildman–Crippen LogP) is 2.45. The van der Waals surface area contributed by atoms with Gasteiger partial charge in [0.2, 0.25) is 5.91 Å². The first-order valence-electron chi connectivity index (χ1n) is 7.43. The van der Waals surface area contributed by atoms with Crippen molar-refractivity contribution < 1.29 is 14.3 Å². The van der Waals surface area contributed by atoms with Crippen LogP contribution in [0.1, 0.15) is 25.3 Å². The predicted molar refractivity (Wildman–Crippen MR) is 80.1 cm³/mol. The number of carbonyl (C=O) groups is 1. The lowest BCUT2D eigenvalue weighted by Crippen LogP contribution is -2.36. The van der Waals surface area contributed by atoms with Crippen LogP contribution in [0.25, 0.3) is 0 Å². The first-order chi connectivity index (χ1) is 10.1. The molecule has 0 aromatic heterocycles. The van der Waals surface area contributed by atoms with E-state index in [1.54, 1.807) is 12.1 Å². The average molecular weight is 291 g/mol. The van der Waals surface area contributed by atoms with Crippen molar-refractivity contribution in [3.8, 4) is 0 Å². The fourth-order valence-corrected chi connectivity index (χ4v) is 2.55. The van der Waals surface area contributed by atoms with Crippen LogP contribution in [-0.2, 0) is 11.2 Å². The number of halogens is 1. The third kappa shape index (κ3) is 4.39. The van der Waals surface area contributed by atoms with Gasteiger partial charge in [-0.05, 0) is 30.9 Å². The third-order valence-electron chi connectivity index (χ3n) is 3.99. The minimum absolute atomic E-state index is 0.00515. The molecule has 0 heterocycles. The van der Waals surface area contributed by atoms with Crippen molar-refractivity contribution in [1.29, 1.82) is 0 Å². The summed E-state index contributed by atoms with van der Waals surface area (Å²) in [4.78, 5) is 12.1. The summed E-state index contributed by atoms with van der Waals surface area (Å²) in [5.74, 6) is -0.246. The van der Waals surface area contributed by atoms with Crippen molar-refractivity contribution in [2.24, 2.45) is 11.8 Å². The standard InChI is InChI=1S/C17H22FNO2/c1-12(6-8-14-4-2-3-5-16(14)18)17(21)19-15-9-7-13(10-15)11-20/h2-5,7,9,12-13,15,20H,6,8,10-11H2,1H3,(H,19,21)/t12?,13-,15+/m0/s1. The fraction of sp³-hybridized carbons (Fsp3) is 0.471. The summed E-state index contributed by atoms with van der Waals surface area (Å²) in [6.07, 6.45) is 5.80. The molecule has 0 saturated carbocycles. The quantitative estimate of drug-likeness (QED) is 0.791. The Bertz CT molecular complexity index is 515. The van der Waals surface area contributed by atoms with E-state index in [0.717, 1.165) is 6.42 Å². The van der Waals surface area contributed by atoms with Crippen LogP contribution < -0.4 is 5.32 Å². The van der Waals surface area contributed by atoms with E-state index in [2.05, 4.69) is 5.32 Å². The van der Waals surface area contributed by atoms with Crippen molar-refractivity contribution in [3.05, 3.63) is 47.8 Å². The summed E-state index contributed by atoms with van der Waals surface area (Å²) in [7, 11) is 0. The number of nitrogens with one attached hydrogen (secondary N) is 1. The SMILES string of the molecule is CC(CCc1ccccc1F)C(=O)N[C@@H]1C=C[C@H](CO)C1. The number of hydrogen-bond acceptors (Lipinski definition) is 2. The van der Waals surface area contributed by atoms with Crippen LogP contribution in [0.15, 0.2) is 36.4 Å². The summed E-state index contributed by atoms with van der Waals surface area (Å²) in [6, 6.07) is 6.68. The Labute approximate surface area is 124 Å². The number of rotatable bonds is 6. The minimum atomic E-state index is -0.213. The lowest BCUT2D eigenvalue weighted by atomic mass is 9.99. The molecule has 3 atom stereocenters. The second-order valence-corrected chi connectivity index (χ2v) is 5.71. The van der Waals surface area contributed by atoms with Crippen LogP contribution in [-0.4, -0.2) is 23.7 Å². The molecule has 1 aliphatic carbocycles. The van der Waals surface area contributed by atoms with Gasteiger partial charge < -0.3 is 10.4 Å². The van der Waals surface area contributed by atoms with Gasteiger partial charge in [0.15, 0.2) is 0 Å². The zero-order chi connectivity index (χ0) is 15.2. The van der Waals surface area contributed by atoms with Crippen molar-refractivity contribution in [2.75, 3.05) is 6.61 Å². The van der Waals surface area contributed by atoms with Crippen molar-refractivity contribution >= 4 is 5.91 Å². The summed E-state index contributed by atoms with van der Waals surface area (Å²) in [5, 5.41) is 12.0. The molecule has 0 aliphatic heterocycles. The minimum Gasteiger partial charge on any atom is -0.396 e. The van der Waals surface area contributed by atoms with Gasteiger partial charge in [-0.25, -0.2) is 4.39 Å². The molecule has 0 saturated heterocycles. The molecule has 0 radical (unpaired) electrons. The molecule has 1 aliphatic rings. The number of aliphatic hydroxyl groups is 1. The van der Waals surface area contributed by atoms with E-state index < -0.39 is 0 Å². The molecular formula is C17H22FNO2. The molecule has 4 heteroatoms. The van der Waals surface area contributed by atoms with E-state index in [1.807, 2.05) is 25.1 Å². The smallest absolute Gasteiger partial charge is 0.223 e. The number of carbonyl (C=O) groups excluding carboxylic acids is 1. The van der Waals surface area contributed by atoms with E-state index in [9.17, 15) is 9.18 Å². The Hall–Kier alpha value is -1.68. The first-order valence-corrected chi connectivity index (χ1v) is 7.43. The van der Waals surface area contributed by atoms with E-state index in [4.69, 9.17) is 5.11 Å². The molecule has 3 nitrogen and oxygen atoms in total. The second kappa shape index (κ2) is 7.36. The Morgan fingerprint density at radius 2 is 2.19 bits per heavy atom. The normalized spacial score (nSPS) is 22.2. The van der Waals surface area contributed by atoms with E-state index in [-0.39, 0.29) is 36.2 Å². The van der Waals surface area contributed by atoms with Gasteiger partial charge in [0, 0.05) is 24.5 Å². The van der Waals surface area contributed by atoms with Crippen LogP contribution in [0.3, 0.4) is 0 Å². The highest BCUT2D eigenvalue weighted by Crippen LogP contribution is 2.18. The summed E-state index contributed by atoms with van der Waals surface area (Å²) >= 11 is 0. The molecule has 1 aromatic carbocycles. The van der Waals surface area contributed by atoms with Gasteiger partial charge in [-0.15, -0.1) is 0 Å². The van der Waals surface area contributed by atoms with Crippen LogP contribution in [0.5, 0.6) is 0 Å². The number of hydrogen-bond donors (Lipinski definition) is 2. The van der Waals surface area contributed by atoms with Crippen molar-refractivity contribution in [1.82, 2.24) is 5.32 Å². The topological polar surface area (TPSA) is 49.3 Å². The highest BCUT2D eigenvalue weighted by Gasteiger charge is 2.22. The van der Waals surface area contributed by atoms with Crippen molar-refractivity contribution in [3.63, 3.8) is 0 Å². The maximum absolute atomic E-state index is 13.5. The zero-order valence-corrected chi connectivity index (χ0v) is 12.3. The summed E-state index contributed by atoms with van der Waals surface area (Å²) < 4.78 is 13.5. The highest BCUT2D eigenvalue weighted by molar-refractivity contribution is 5.78. The van der Waals surface area contributed by atoms with E-state index in [0.29, 0.717) is 18.4 Å². The van der Waals surface area contributed by atoms with Gasteiger partial charge in [0.1, 0.15) is 5.82 Å². The Morgan fingerprint density at radius 1 is 1.43 bits per heavy atom. The number of aryl methyl sites for hydroxylation is 1. The molecule has 0 fully saturated rings. The largest absolute Gasteiger partial charge is 0.396 e. The summed E-state index contributed by atoms with van der Waals surface area (Å²) in [6.45, 7) is 1.98. The lowest BCUT2D eigenvalue weighted by Gasteiger charge is -2.17. The summed E-state index contributed by atoms with van der Waals surface area (Å²) in [5.41, 5.74) is 0.651. The van der Waals surface area contributed by atoms with Gasteiger partial charge in [0.05, 0.1) is 0 Å². The molecule has 2 rings (SSSR count). The zero-order valence-electron chi connectivity index (χ0n) is 12.3. The Kier molecular flexibility index (Phi) is 5.51. The molecule has 1 aromatic rings. The maximum Gasteiger partial charge on any atom is 0.223 e. The lowest BCUT2D eigenvalue weighted by molar-refractivity contribution is -0.125. The van der Waals surface area contributed by atoms with Crippen LogP contribution in [0, 0.1) is 17.7 Å². The maximum atomic E-state index is 13.5. The molecule has 21 heavy (non-hydrogen) atoms. The van der Waals surface area contributed by atoms with Crippen LogP contribution >= 0.6 is 0 Å². The molecule has 2 N–H and O–H groups in total. The molecule has 0 bridgehead atoms. The van der Waals surface area contributed by atoms with Gasteiger partial charge in [0.25, 0.3) is 0 Å². The van der Waals surface area contributed by atoms with E-state index in [1.165, 1.54) is 6.07 Å². The van der Waals surface area contributed by atoms with Crippen molar-refractivity contribution in [2.45, 2.75) is 32.2 Å². The average Bonchev–Trinajstić information content (AvgIpc) is 2.93. The second-order valence-electron chi connectivity index (χ2n) is 5.71. The molecule has 0 spiro atoms. The van der Waals surface area contributed by atoms with Crippen LogP contribution in [0.2, 0.25) is 0 Å². The van der Waals surface area contributed by atoms with Gasteiger partial charge in [-0.2, -0.15) is 0 Å². The van der Waals surface area contributed by atoms with E-state index >= 15 is 0 Å². The monoisotopic (exact) mass is 291 g/mol. The Morgan fingerprint density at radius 3 is 2.86 bits per heavy atom. The van der Waals surface area contributed by atoms with Gasteiger partial charge in [-0.3, -0.25) is 4.79 Å². The number of amides is 1. The van der Waals surface area contributed by atoms with Gasteiger partial charge in [-0.1, -0.05) is 37.3 Å². The number of benzene rings is 1. The fourth-order valence-electron chi connectivity index (χ4n) is 2.55.